The van der Waals surface area contributed by atoms with Gasteiger partial charge >= 0.3 is 6.09 Å². The number of para-hydroxylation sites is 1. The number of carbonyl (C=O) groups is 3. The maximum absolute atomic E-state index is 13.6. The number of ether oxygens (including phenoxy) is 1. The molecule has 0 saturated carbocycles. The van der Waals surface area contributed by atoms with Crippen LogP contribution in [-0.4, -0.2) is 53.2 Å². The number of nitrogens with zero attached hydrogens (tertiary/aromatic N) is 1. The Labute approximate surface area is 201 Å². The molecule has 2 aromatic rings. The second-order valence-electron chi connectivity index (χ2n) is 9.34. The summed E-state index contributed by atoms with van der Waals surface area (Å²) in [6, 6.07) is 10.7. The van der Waals surface area contributed by atoms with Crippen molar-refractivity contribution in [2.45, 2.75) is 59.2 Å². The van der Waals surface area contributed by atoms with E-state index in [4.69, 9.17) is 4.74 Å². The van der Waals surface area contributed by atoms with E-state index >= 15 is 0 Å². The van der Waals surface area contributed by atoms with E-state index in [1.54, 1.807) is 26.8 Å². The van der Waals surface area contributed by atoms with Crippen LogP contribution in [0.5, 0.6) is 0 Å². The van der Waals surface area contributed by atoms with Crippen molar-refractivity contribution in [3.8, 4) is 0 Å². The Morgan fingerprint density at radius 1 is 0.971 bits per heavy atom. The van der Waals surface area contributed by atoms with Gasteiger partial charge in [-0.1, -0.05) is 36.4 Å². The fourth-order valence-electron chi connectivity index (χ4n) is 3.68. The van der Waals surface area contributed by atoms with Gasteiger partial charge in [0.1, 0.15) is 17.7 Å². The minimum atomic E-state index is -1.28. The van der Waals surface area contributed by atoms with Gasteiger partial charge in [-0.05, 0) is 69.9 Å². The first-order chi connectivity index (χ1) is 15.9. The minimum Gasteiger partial charge on any atom is -0.444 e. The van der Waals surface area contributed by atoms with Gasteiger partial charge < -0.3 is 25.4 Å². The zero-order valence-electron chi connectivity index (χ0n) is 20.9. The number of nitrogens with one attached hydrogen (secondary N) is 2. The van der Waals surface area contributed by atoms with Crippen LogP contribution in [-0.2, 0) is 14.3 Å². The molecule has 0 aliphatic heterocycles. The lowest BCUT2D eigenvalue weighted by molar-refractivity contribution is -0.139. The third kappa shape index (κ3) is 6.81. The van der Waals surface area contributed by atoms with Gasteiger partial charge in [-0.2, -0.15) is 0 Å². The molecule has 0 aromatic heterocycles. The summed E-state index contributed by atoms with van der Waals surface area (Å²) in [5, 5.41) is 15.2. The van der Waals surface area contributed by atoms with E-state index in [2.05, 4.69) is 10.6 Å². The number of carbonyl (C=O) groups excluding carboxylic acids is 3. The molecule has 2 atom stereocenters. The van der Waals surface area contributed by atoms with Gasteiger partial charge in [0.05, 0.1) is 6.61 Å². The molecule has 0 bridgehead atoms. The molecule has 2 unspecified atom stereocenters. The van der Waals surface area contributed by atoms with Crippen LogP contribution in [0.4, 0.5) is 10.5 Å². The van der Waals surface area contributed by atoms with Gasteiger partial charge in [0.15, 0.2) is 0 Å². The average molecular weight is 470 g/mol. The van der Waals surface area contributed by atoms with Crippen molar-refractivity contribution in [3.63, 3.8) is 0 Å². The first-order valence-electron chi connectivity index (χ1n) is 11.2. The molecule has 0 aliphatic rings. The van der Waals surface area contributed by atoms with Crippen LogP contribution in [0.25, 0.3) is 0 Å². The number of amides is 3. The van der Waals surface area contributed by atoms with E-state index in [-0.39, 0.29) is 0 Å². The number of rotatable bonds is 7. The largest absolute Gasteiger partial charge is 0.444 e. The standard InChI is InChI=1S/C26H35N3O5/c1-16-11-8-9-14-19(16)27-23(31)22(21-17(2)12-10-13-18(21)3)29(7)24(32)20(15-30)28-25(33)34-26(4,5)6/h8-14,20,22,30H,15H2,1-7H3,(H,27,31)(H,28,33). The van der Waals surface area contributed by atoms with E-state index in [0.29, 0.717) is 11.3 Å². The Kier molecular flexibility index (Phi) is 8.81. The van der Waals surface area contributed by atoms with Crippen molar-refractivity contribution in [2.24, 2.45) is 0 Å². The Morgan fingerprint density at radius 2 is 1.53 bits per heavy atom. The number of aliphatic hydroxyl groups excluding tert-OH is 1. The molecular formula is C26H35N3O5. The van der Waals surface area contributed by atoms with Crippen molar-refractivity contribution < 1.29 is 24.2 Å². The molecule has 8 heteroatoms. The Hall–Kier alpha value is -3.39. The fraction of sp³-hybridized carbons (Fsp3) is 0.423. The molecule has 0 heterocycles. The van der Waals surface area contributed by atoms with Crippen LogP contribution in [0.3, 0.4) is 0 Å². The molecule has 2 aromatic carbocycles. The van der Waals surface area contributed by atoms with E-state index in [9.17, 15) is 19.5 Å². The number of hydrogen-bond donors (Lipinski definition) is 3. The number of hydrogen-bond acceptors (Lipinski definition) is 5. The predicted molar refractivity (Wildman–Crippen MR) is 131 cm³/mol. The van der Waals surface area contributed by atoms with Crippen LogP contribution in [0.2, 0.25) is 0 Å². The monoisotopic (exact) mass is 469 g/mol. The maximum Gasteiger partial charge on any atom is 0.408 e. The average Bonchev–Trinajstić information content (AvgIpc) is 2.74. The van der Waals surface area contributed by atoms with Crippen LogP contribution < -0.4 is 10.6 Å². The van der Waals surface area contributed by atoms with Crippen molar-refractivity contribution in [1.29, 1.82) is 0 Å². The van der Waals surface area contributed by atoms with Gasteiger partial charge in [-0.25, -0.2) is 4.79 Å². The summed E-state index contributed by atoms with van der Waals surface area (Å²) in [4.78, 5) is 40.4. The Bertz CT molecular complexity index is 1020. The molecule has 3 N–H and O–H groups in total. The zero-order valence-corrected chi connectivity index (χ0v) is 20.9. The second-order valence-corrected chi connectivity index (χ2v) is 9.34. The summed E-state index contributed by atoms with van der Waals surface area (Å²) in [5.74, 6) is -1.03. The Balaban J connectivity index is 2.41. The predicted octanol–water partition coefficient (Wildman–Crippen LogP) is 3.64. The van der Waals surface area contributed by atoms with Gasteiger partial charge in [0.25, 0.3) is 5.91 Å². The molecule has 34 heavy (non-hydrogen) atoms. The molecule has 8 nitrogen and oxygen atoms in total. The normalized spacial score (nSPS) is 12.9. The van der Waals surface area contributed by atoms with Crippen molar-refractivity contribution in [3.05, 3.63) is 64.7 Å². The number of anilines is 1. The summed E-state index contributed by atoms with van der Waals surface area (Å²) in [7, 11) is 1.48. The lowest BCUT2D eigenvalue weighted by atomic mass is 9.94. The smallest absolute Gasteiger partial charge is 0.408 e. The maximum atomic E-state index is 13.6. The Morgan fingerprint density at radius 3 is 2.06 bits per heavy atom. The van der Waals surface area contributed by atoms with Gasteiger partial charge in [-0.3, -0.25) is 9.59 Å². The van der Waals surface area contributed by atoms with Crippen LogP contribution in [0, 0.1) is 20.8 Å². The van der Waals surface area contributed by atoms with E-state index < -0.39 is 42.2 Å². The molecular weight excluding hydrogens is 434 g/mol. The van der Waals surface area contributed by atoms with Crippen LogP contribution in [0.15, 0.2) is 42.5 Å². The number of aryl methyl sites for hydroxylation is 3. The van der Waals surface area contributed by atoms with E-state index in [0.717, 1.165) is 16.7 Å². The summed E-state index contributed by atoms with van der Waals surface area (Å²) in [5.41, 5.74) is 3.10. The number of alkyl carbamates (subject to hydrolysis) is 1. The topological polar surface area (TPSA) is 108 Å². The highest BCUT2D eigenvalue weighted by Gasteiger charge is 2.35. The van der Waals surface area contributed by atoms with E-state index in [1.165, 1.54) is 11.9 Å². The number of aliphatic hydroxyl groups is 1. The summed E-state index contributed by atoms with van der Waals surface area (Å²) >= 11 is 0. The molecule has 2 rings (SSSR count). The summed E-state index contributed by atoms with van der Waals surface area (Å²) in [6.45, 7) is 10.1. The van der Waals surface area contributed by atoms with Gasteiger partial charge in [0.2, 0.25) is 5.91 Å². The molecule has 0 saturated heterocycles. The van der Waals surface area contributed by atoms with E-state index in [1.807, 2.05) is 57.2 Å². The van der Waals surface area contributed by atoms with Gasteiger partial charge in [-0.15, -0.1) is 0 Å². The lowest BCUT2D eigenvalue weighted by Crippen LogP contribution is -2.52. The highest BCUT2D eigenvalue weighted by atomic mass is 16.6. The zero-order chi connectivity index (χ0) is 25.6. The van der Waals surface area contributed by atoms with Crippen LogP contribution in [0.1, 0.15) is 49.1 Å². The quantitative estimate of drug-likeness (QED) is 0.574. The third-order valence-electron chi connectivity index (χ3n) is 5.37. The molecule has 0 aliphatic carbocycles. The third-order valence-corrected chi connectivity index (χ3v) is 5.37. The summed E-state index contributed by atoms with van der Waals surface area (Å²) in [6.07, 6.45) is -0.832. The number of likely N-dealkylation sites (N-methyl/N-ethyl adjacent to an activating group) is 1. The van der Waals surface area contributed by atoms with Crippen molar-refractivity contribution in [1.82, 2.24) is 10.2 Å². The van der Waals surface area contributed by atoms with Crippen LogP contribution >= 0.6 is 0 Å². The highest BCUT2D eigenvalue weighted by Crippen LogP contribution is 2.29. The molecule has 0 fully saturated rings. The second kappa shape index (κ2) is 11.2. The SMILES string of the molecule is Cc1ccccc1NC(=O)C(c1c(C)cccc1C)N(C)C(=O)C(CO)NC(=O)OC(C)(C)C. The first kappa shape index (κ1) is 26.9. The first-order valence-corrected chi connectivity index (χ1v) is 11.2. The van der Waals surface area contributed by atoms with Crippen molar-refractivity contribution >= 4 is 23.6 Å². The summed E-state index contributed by atoms with van der Waals surface area (Å²) < 4.78 is 5.21. The lowest BCUT2D eigenvalue weighted by Gasteiger charge is -2.32. The molecule has 184 valence electrons. The van der Waals surface area contributed by atoms with Gasteiger partial charge in [0, 0.05) is 12.7 Å². The van der Waals surface area contributed by atoms with Crippen molar-refractivity contribution in [2.75, 3.05) is 19.0 Å². The molecule has 0 radical (unpaired) electrons. The molecule has 0 spiro atoms. The fourth-order valence-corrected chi connectivity index (χ4v) is 3.68. The number of benzene rings is 2. The molecule has 3 amide bonds. The minimum absolute atomic E-state index is 0.406. The highest BCUT2D eigenvalue weighted by molar-refractivity contribution is 5.99.